The van der Waals surface area contributed by atoms with Crippen molar-refractivity contribution in [3.05, 3.63) is 63.0 Å². The molecule has 5 rings (SSSR count). The van der Waals surface area contributed by atoms with Crippen LogP contribution in [0, 0.1) is 0 Å². The Morgan fingerprint density at radius 3 is 3.12 bits per heavy atom. The largest absolute Gasteiger partial charge is 0.323 e. The third kappa shape index (κ3) is 2.04. The van der Waals surface area contributed by atoms with Gasteiger partial charge in [-0.3, -0.25) is 9.79 Å². The van der Waals surface area contributed by atoms with Crippen molar-refractivity contribution >= 4 is 44.9 Å². The SMILES string of the molecule is C=Cc1nc2c(s1)c1cnn(Cc3cccc4c3C=NC4)c(=O)c1n2C. The van der Waals surface area contributed by atoms with Gasteiger partial charge < -0.3 is 4.57 Å². The van der Waals surface area contributed by atoms with Crippen LogP contribution in [0.2, 0.25) is 0 Å². The topological polar surface area (TPSA) is 65.1 Å². The summed E-state index contributed by atoms with van der Waals surface area (Å²) in [6.07, 6.45) is 5.37. The second kappa shape index (κ2) is 5.47. The minimum Gasteiger partial charge on any atom is -0.323 e. The summed E-state index contributed by atoms with van der Waals surface area (Å²) in [5.41, 5.74) is 4.67. The van der Waals surface area contributed by atoms with Crippen molar-refractivity contribution in [3.8, 4) is 0 Å². The van der Waals surface area contributed by atoms with E-state index in [4.69, 9.17) is 0 Å². The molecule has 3 aromatic heterocycles. The summed E-state index contributed by atoms with van der Waals surface area (Å²) in [6, 6.07) is 6.10. The summed E-state index contributed by atoms with van der Waals surface area (Å²) < 4.78 is 4.34. The quantitative estimate of drug-likeness (QED) is 0.563. The molecule has 0 saturated carbocycles. The number of aliphatic imine (C=N–C) groups is 1. The van der Waals surface area contributed by atoms with E-state index in [0.29, 0.717) is 18.6 Å². The molecule has 0 fully saturated rings. The first-order valence-electron chi connectivity index (χ1n) is 8.25. The number of aryl methyl sites for hydroxylation is 1. The number of benzene rings is 1. The van der Waals surface area contributed by atoms with Gasteiger partial charge in [0.15, 0.2) is 5.65 Å². The smallest absolute Gasteiger partial charge is 0.291 e. The molecular weight excluding hydrogens is 346 g/mol. The lowest BCUT2D eigenvalue weighted by Gasteiger charge is -2.09. The Labute approximate surface area is 152 Å². The van der Waals surface area contributed by atoms with E-state index in [1.165, 1.54) is 21.6 Å². The molecule has 128 valence electrons. The highest BCUT2D eigenvalue weighted by molar-refractivity contribution is 7.20. The van der Waals surface area contributed by atoms with E-state index < -0.39 is 0 Å². The van der Waals surface area contributed by atoms with E-state index >= 15 is 0 Å². The highest BCUT2D eigenvalue weighted by Gasteiger charge is 2.18. The second-order valence-corrected chi connectivity index (χ2v) is 7.33. The number of aromatic nitrogens is 4. The average molecular weight is 361 g/mol. The number of hydrogen-bond acceptors (Lipinski definition) is 5. The van der Waals surface area contributed by atoms with Gasteiger partial charge in [0.1, 0.15) is 10.5 Å². The van der Waals surface area contributed by atoms with Crippen LogP contribution in [0.5, 0.6) is 0 Å². The molecule has 1 aliphatic heterocycles. The molecule has 6 nitrogen and oxygen atoms in total. The Morgan fingerprint density at radius 2 is 2.27 bits per heavy atom. The predicted octanol–water partition coefficient (Wildman–Crippen LogP) is 2.97. The fraction of sp³-hybridized carbons (Fsp3) is 0.158. The van der Waals surface area contributed by atoms with Gasteiger partial charge in [0.05, 0.1) is 24.0 Å². The van der Waals surface area contributed by atoms with Crippen molar-refractivity contribution < 1.29 is 0 Å². The molecular formula is C19H15N5OS. The van der Waals surface area contributed by atoms with Crippen LogP contribution in [0.25, 0.3) is 27.3 Å². The lowest BCUT2D eigenvalue weighted by molar-refractivity contribution is 0.643. The van der Waals surface area contributed by atoms with Crippen LogP contribution in [0.15, 0.2) is 40.8 Å². The molecule has 0 bridgehead atoms. The summed E-state index contributed by atoms with van der Waals surface area (Å²) in [4.78, 5) is 21.9. The molecule has 0 spiro atoms. The van der Waals surface area contributed by atoms with Crippen LogP contribution < -0.4 is 5.56 Å². The van der Waals surface area contributed by atoms with Gasteiger partial charge in [0.2, 0.25) is 0 Å². The number of fused-ring (bicyclic) bond motifs is 4. The van der Waals surface area contributed by atoms with E-state index in [9.17, 15) is 4.79 Å². The van der Waals surface area contributed by atoms with Gasteiger partial charge in [-0.15, -0.1) is 11.3 Å². The third-order valence-corrected chi connectivity index (χ3v) is 5.88. The lowest BCUT2D eigenvalue weighted by atomic mass is 10.0. The van der Waals surface area contributed by atoms with E-state index in [1.54, 1.807) is 12.3 Å². The van der Waals surface area contributed by atoms with Crippen molar-refractivity contribution in [1.82, 2.24) is 19.3 Å². The maximum absolute atomic E-state index is 13.1. The monoisotopic (exact) mass is 361 g/mol. The number of nitrogens with zero attached hydrogens (tertiary/aromatic N) is 5. The van der Waals surface area contributed by atoms with E-state index in [-0.39, 0.29) is 5.56 Å². The lowest BCUT2D eigenvalue weighted by Crippen LogP contribution is -2.25. The van der Waals surface area contributed by atoms with Gasteiger partial charge in [-0.2, -0.15) is 5.10 Å². The Bertz CT molecular complexity index is 1290. The van der Waals surface area contributed by atoms with Gasteiger partial charge in [-0.25, -0.2) is 9.67 Å². The van der Waals surface area contributed by atoms with Gasteiger partial charge in [-0.1, -0.05) is 24.8 Å². The first-order chi connectivity index (χ1) is 12.7. The first-order valence-corrected chi connectivity index (χ1v) is 9.07. The number of hydrogen-bond donors (Lipinski definition) is 0. The zero-order valence-corrected chi connectivity index (χ0v) is 15.0. The molecule has 0 aliphatic carbocycles. The van der Waals surface area contributed by atoms with Gasteiger partial charge in [0.25, 0.3) is 5.56 Å². The van der Waals surface area contributed by atoms with Crippen molar-refractivity contribution in [2.24, 2.45) is 12.0 Å². The Morgan fingerprint density at radius 1 is 1.38 bits per heavy atom. The van der Waals surface area contributed by atoms with Crippen LogP contribution >= 0.6 is 11.3 Å². The zero-order valence-electron chi connectivity index (χ0n) is 14.1. The summed E-state index contributed by atoms with van der Waals surface area (Å²) in [5, 5.41) is 6.11. The zero-order chi connectivity index (χ0) is 17.8. The first kappa shape index (κ1) is 15.2. The van der Waals surface area contributed by atoms with Gasteiger partial charge in [0, 0.05) is 24.2 Å². The van der Waals surface area contributed by atoms with Crippen LogP contribution in [0.1, 0.15) is 21.7 Å². The Kier molecular flexibility index (Phi) is 3.20. The molecule has 7 heteroatoms. The van der Waals surface area contributed by atoms with Crippen LogP contribution in [0.3, 0.4) is 0 Å². The molecule has 1 aromatic carbocycles. The number of thiazole rings is 1. The second-order valence-electron chi connectivity index (χ2n) is 6.30. The molecule has 0 amide bonds. The summed E-state index contributed by atoms with van der Waals surface area (Å²) in [6.45, 7) is 4.90. The van der Waals surface area contributed by atoms with E-state index in [0.717, 1.165) is 31.9 Å². The van der Waals surface area contributed by atoms with Gasteiger partial charge >= 0.3 is 0 Å². The molecule has 0 saturated heterocycles. The van der Waals surface area contributed by atoms with Crippen LogP contribution in [-0.2, 0) is 20.1 Å². The predicted molar refractivity (Wildman–Crippen MR) is 105 cm³/mol. The fourth-order valence-corrected chi connectivity index (χ4v) is 4.47. The molecule has 1 aliphatic rings. The maximum atomic E-state index is 13.1. The Balaban J connectivity index is 1.68. The van der Waals surface area contributed by atoms with Crippen LogP contribution in [0.4, 0.5) is 0 Å². The molecule has 26 heavy (non-hydrogen) atoms. The van der Waals surface area contributed by atoms with E-state index in [2.05, 4.69) is 27.7 Å². The van der Waals surface area contributed by atoms with Crippen molar-refractivity contribution in [2.75, 3.05) is 0 Å². The maximum Gasteiger partial charge on any atom is 0.291 e. The van der Waals surface area contributed by atoms with Crippen molar-refractivity contribution in [3.63, 3.8) is 0 Å². The fourth-order valence-electron chi connectivity index (χ4n) is 3.51. The van der Waals surface area contributed by atoms with Crippen molar-refractivity contribution in [2.45, 2.75) is 13.1 Å². The highest BCUT2D eigenvalue weighted by Crippen LogP contribution is 2.31. The number of rotatable bonds is 3. The van der Waals surface area contributed by atoms with E-state index in [1.807, 2.05) is 30.0 Å². The normalized spacial score (nSPS) is 13.0. The highest BCUT2D eigenvalue weighted by atomic mass is 32.1. The molecule has 0 radical (unpaired) electrons. The minimum absolute atomic E-state index is 0.108. The van der Waals surface area contributed by atoms with Crippen molar-refractivity contribution in [1.29, 1.82) is 0 Å². The molecule has 0 atom stereocenters. The average Bonchev–Trinajstić information content (AvgIpc) is 3.34. The standard InChI is InChI=1S/C19H15N5OS/c1-3-15-22-18-17(26-15)14-9-21-24(19(25)16(14)23(18)2)10-12-6-4-5-11-7-20-8-13(11)12/h3-6,8-9H,1,7,10H2,2H3. The molecule has 0 unspecified atom stereocenters. The molecule has 0 N–H and O–H groups in total. The van der Waals surface area contributed by atoms with Gasteiger partial charge in [-0.05, 0) is 17.2 Å². The summed E-state index contributed by atoms with van der Waals surface area (Å²) >= 11 is 1.53. The third-order valence-electron chi connectivity index (χ3n) is 4.81. The van der Waals surface area contributed by atoms with Crippen LogP contribution in [-0.4, -0.2) is 25.5 Å². The summed E-state index contributed by atoms with van der Waals surface area (Å²) in [7, 11) is 1.87. The molecule has 4 heterocycles. The molecule has 4 aromatic rings. The summed E-state index contributed by atoms with van der Waals surface area (Å²) in [5.74, 6) is 0. The minimum atomic E-state index is -0.108. The Hall–Kier alpha value is -3.06.